The van der Waals surface area contributed by atoms with E-state index in [-0.39, 0.29) is 6.04 Å². The molecule has 0 aliphatic heterocycles. The number of benzene rings is 1. The van der Waals surface area contributed by atoms with Crippen molar-refractivity contribution in [1.82, 2.24) is 0 Å². The Labute approximate surface area is 99.5 Å². The highest BCUT2D eigenvalue weighted by Gasteiger charge is 2.26. The number of anilines is 1. The van der Waals surface area contributed by atoms with E-state index in [1.54, 1.807) is 13.8 Å². The molecule has 3 nitrogen and oxygen atoms in total. The van der Waals surface area contributed by atoms with Crippen molar-refractivity contribution in [2.75, 3.05) is 5.32 Å². The number of nitrogens with two attached hydrogens (primary N) is 1. The van der Waals surface area contributed by atoms with E-state index in [0.29, 0.717) is 0 Å². The summed E-state index contributed by atoms with van der Waals surface area (Å²) in [7, 11) is 0. The highest BCUT2D eigenvalue weighted by atomic mass is 19.2. The lowest BCUT2D eigenvalue weighted by atomic mass is 10.2. The summed E-state index contributed by atoms with van der Waals surface area (Å²) in [6.45, 7) is 3.24. The van der Waals surface area contributed by atoms with Crippen LogP contribution in [0.2, 0.25) is 0 Å². The predicted molar refractivity (Wildman–Crippen MR) is 56.6 cm³/mol. The van der Waals surface area contributed by atoms with E-state index in [1.165, 1.54) is 0 Å². The summed E-state index contributed by atoms with van der Waals surface area (Å²) >= 11 is 0. The van der Waals surface area contributed by atoms with Crippen molar-refractivity contribution in [1.29, 1.82) is 0 Å². The third-order valence-corrected chi connectivity index (χ3v) is 1.86. The average molecular weight is 267 g/mol. The summed E-state index contributed by atoms with van der Waals surface area (Å²) < 4.78 is 64.8. The van der Waals surface area contributed by atoms with Gasteiger partial charge in [0.15, 0.2) is 29.2 Å². The van der Waals surface area contributed by atoms with Crippen LogP contribution in [0.5, 0.6) is 0 Å². The van der Waals surface area contributed by atoms with Crippen molar-refractivity contribution in [3.05, 3.63) is 29.1 Å². The second-order valence-corrected chi connectivity index (χ2v) is 3.68. The standard InChI is InChI=1S/C10H10F5N3/c1-3(2)17-10(16)18-9-7(14)5(12)4(11)6(13)8(9)15/h3H,1-2H3,(H3,16,17,18). The first-order valence-corrected chi connectivity index (χ1v) is 4.87. The molecule has 0 radical (unpaired) electrons. The minimum Gasteiger partial charge on any atom is -0.370 e. The van der Waals surface area contributed by atoms with Gasteiger partial charge in [0, 0.05) is 6.04 Å². The quantitative estimate of drug-likeness (QED) is 0.284. The van der Waals surface area contributed by atoms with Crippen LogP contribution in [0, 0.1) is 29.1 Å². The van der Waals surface area contributed by atoms with Crippen molar-refractivity contribution < 1.29 is 22.0 Å². The number of nitrogens with one attached hydrogen (secondary N) is 1. The van der Waals surface area contributed by atoms with E-state index in [9.17, 15) is 22.0 Å². The van der Waals surface area contributed by atoms with Crippen molar-refractivity contribution in [3.8, 4) is 0 Å². The van der Waals surface area contributed by atoms with Gasteiger partial charge in [-0.05, 0) is 13.8 Å². The van der Waals surface area contributed by atoms with Crippen LogP contribution in [-0.4, -0.2) is 12.0 Å². The van der Waals surface area contributed by atoms with E-state index in [2.05, 4.69) is 4.99 Å². The summed E-state index contributed by atoms with van der Waals surface area (Å²) in [5.41, 5.74) is 4.02. The van der Waals surface area contributed by atoms with Gasteiger partial charge in [0.25, 0.3) is 0 Å². The third-order valence-electron chi connectivity index (χ3n) is 1.86. The number of hydrogen-bond acceptors (Lipinski definition) is 1. The maximum atomic E-state index is 13.2. The van der Waals surface area contributed by atoms with Crippen LogP contribution in [0.3, 0.4) is 0 Å². The number of rotatable bonds is 2. The second kappa shape index (κ2) is 5.19. The summed E-state index contributed by atoms with van der Waals surface area (Å²) in [6.07, 6.45) is 0. The monoisotopic (exact) mass is 267 g/mol. The first kappa shape index (κ1) is 14.2. The SMILES string of the molecule is CC(C)N=C(N)Nc1c(F)c(F)c(F)c(F)c1F. The van der Waals surface area contributed by atoms with Crippen molar-refractivity contribution >= 4 is 11.6 Å². The number of halogens is 5. The van der Waals surface area contributed by atoms with Gasteiger partial charge in [-0.2, -0.15) is 0 Å². The smallest absolute Gasteiger partial charge is 0.200 e. The molecule has 18 heavy (non-hydrogen) atoms. The van der Waals surface area contributed by atoms with Gasteiger partial charge in [-0.25, -0.2) is 22.0 Å². The Kier molecular flexibility index (Phi) is 4.10. The normalized spacial score (nSPS) is 12.1. The highest BCUT2D eigenvalue weighted by Crippen LogP contribution is 2.26. The van der Waals surface area contributed by atoms with Crippen LogP contribution >= 0.6 is 0 Å². The van der Waals surface area contributed by atoms with Crippen LogP contribution in [0.25, 0.3) is 0 Å². The topological polar surface area (TPSA) is 50.4 Å². The number of hydrogen-bond donors (Lipinski definition) is 2. The second-order valence-electron chi connectivity index (χ2n) is 3.68. The lowest BCUT2D eigenvalue weighted by Crippen LogP contribution is -2.26. The van der Waals surface area contributed by atoms with Gasteiger partial charge in [-0.1, -0.05) is 0 Å². The maximum absolute atomic E-state index is 13.2. The van der Waals surface area contributed by atoms with E-state index >= 15 is 0 Å². The van der Waals surface area contributed by atoms with Crippen molar-refractivity contribution in [2.24, 2.45) is 10.7 Å². The summed E-state index contributed by atoms with van der Waals surface area (Å²) in [5, 5.41) is 1.85. The molecule has 0 aliphatic carbocycles. The third kappa shape index (κ3) is 2.69. The van der Waals surface area contributed by atoms with E-state index < -0.39 is 40.7 Å². The van der Waals surface area contributed by atoms with Gasteiger partial charge in [-0.3, -0.25) is 4.99 Å². The Morgan fingerprint density at radius 3 is 1.72 bits per heavy atom. The van der Waals surface area contributed by atoms with Gasteiger partial charge in [0.05, 0.1) is 0 Å². The molecule has 8 heteroatoms. The van der Waals surface area contributed by atoms with Gasteiger partial charge in [-0.15, -0.1) is 0 Å². The zero-order valence-electron chi connectivity index (χ0n) is 9.49. The summed E-state index contributed by atoms with van der Waals surface area (Å²) in [5.74, 6) is -10.8. The highest BCUT2D eigenvalue weighted by molar-refractivity contribution is 5.92. The summed E-state index contributed by atoms with van der Waals surface area (Å²) in [6, 6.07) is -0.307. The van der Waals surface area contributed by atoms with Crippen molar-refractivity contribution in [3.63, 3.8) is 0 Å². The van der Waals surface area contributed by atoms with E-state index in [1.807, 2.05) is 5.32 Å². The number of aliphatic imine (C=N–C) groups is 1. The molecule has 1 aromatic carbocycles. The Hall–Kier alpha value is -1.86. The van der Waals surface area contributed by atoms with Crippen LogP contribution < -0.4 is 11.1 Å². The molecule has 3 N–H and O–H groups in total. The number of nitrogens with zero attached hydrogens (tertiary/aromatic N) is 1. The zero-order valence-corrected chi connectivity index (χ0v) is 9.49. The minimum absolute atomic E-state index is 0.307. The molecule has 0 bridgehead atoms. The molecule has 0 spiro atoms. The largest absolute Gasteiger partial charge is 0.370 e. The minimum atomic E-state index is -2.23. The Bertz CT molecular complexity index is 470. The fourth-order valence-corrected chi connectivity index (χ4v) is 1.15. The number of guanidine groups is 1. The zero-order chi connectivity index (χ0) is 14.0. The van der Waals surface area contributed by atoms with Gasteiger partial charge < -0.3 is 11.1 Å². The Morgan fingerprint density at radius 1 is 0.944 bits per heavy atom. The maximum Gasteiger partial charge on any atom is 0.200 e. The molecule has 0 saturated heterocycles. The molecule has 100 valence electrons. The van der Waals surface area contributed by atoms with E-state index in [4.69, 9.17) is 5.73 Å². The van der Waals surface area contributed by atoms with Crippen LogP contribution in [0.4, 0.5) is 27.6 Å². The van der Waals surface area contributed by atoms with Crippen molar-refractivity contribution in [2.45, 2.75) is 19.9 Å². The first-order chi connectivity index (χ1) is 8.25. The Balaban J connectivity index is 3.26. The van der Waals surface area contributed by atoms with E-state index in [0.717, 1.165) is 0 Å². The summed E-state index contributed by atoms with van der Waals surface area (Å²) in [4.78, 5) is 3.65. The molecule has 0 heterocycles. The molecule has 1 aromatic rings. The van der Waals surface area contributed by atoms with Crippen LogP contribution in [-0.2, 0) is 0 Å². The molecular weight excluding hydrogens is 257 g/mol. The van der Waals surface area contributed by atoms with Crippen LogP contribution in [0.15, 0.2) is 4.99 Å². The molecule has 0 aromatic heterocycles. The lowest BCUT2D eigenvalue weighted by Gasteiger charge is -2.10. The average Bonchev–Trinajstić information content (AvgIpc) is 2.29. The molecular formula is C10H10F5N3. The van der Waals surface area contributed by atoms with Gasteiger partial charge >= 0.3 is 0 Å². The molecule has 0 atom stereocenters. The Morgan fingerprint density at radius 2 is 1.33 bits per heavy atom. The fourth-order valence-electron chi connectivity index (χ4n) is 1.15. The molecule has 0 fully saturated rings. The molecule has 0 aliphatic rings. The molecule has 1 rings (SSSR count). The van der Waals surface area contributed by atoms with Crippen LogP contribution in [0.1, 0.15) is 13.8 Å². The fraction of sp³-hybridized carbons (Fsp3) is 0.300. The van der Waals surface area contributed by atoms with Gasteiger partial charge in [0.1, 0.15) is 5.69 Å². The first-order valence-electron chi connectivity index (χ1n) is 4.87. The predicted octanol–water partition coefficient (Wildman–Crippen LogP) is 2.52. The van der Waals surface area contributed by atoms with Gasteiger partial charge in [0.2, 0.25) is 5.82 Å². The molecule has 0 saturated carbocycles. The lowest BCUT2D eigenvalue weighted by molar-refractivity contribution is 0.382. The molecule has 0 unspecified atom stereocenters. The molecule has 0 amide bonds.